The highest BCUT2D eigenvalue weighted by molar-refractivity contribution is 5.85. The maximum absolute atomic E-state index is 13.0. The smallest absolute Gasteiger partial charge is 0.229 e. The van der Waals surface area contributed by atoms with Crippen LogP contribution in [0.1, 0.15) is 18.4 Å². The highest BCUT2D eigenvalue weighted by Gasteiger charge is 2.55. The minimum Gasteiger partial charge on any atom is -0.497 e. The predicted molar refractivity (Wildman–Crippen MR) is 107 cm³/mol. The molecule has 1 amide bonds. The summed E-state index contributed by atoms with van der Waals surface area (Å²) in [5.74, 6) is 1.69. The maximum atomic E-state index is 13.0. The number of nitrogens with zero attached hydrogens (tertiary/aromatic N) is 4. The first kappa shape index (κ1) is 18.7. The van der Waals surface area contributed by atoms with Gasteiger partial charge in [0, 0.05) is 45.6 Å². The predicted octanol–water partition coefficient (Wildman–Crippen LogP) is 1.70. The van der Waals surface area contributed by atoms with Crippen molar-refractivity contribution in [2.45, 2.75) is 25.4 Å². The molecule has 0 radical (unpaired) electrons. The molecule has 7 heteroatoms. The molecule has 2 aromatic rings. The van der Waals surface area contributed by atoms with Gasteiger partial charge in [0.15, 0.2) is 0 Å². The Bertz CT molecular complexity index is 813. The number of carbonyl (C=O) groups is 1. The second-order valence-electron chi connectivity index (χ2n) is 7.61. The summed E-state index contributed by atoms with van der Waals surface area (Å²) in [4.78, 5) is 26.5. The van der Waals surface area contributed by atoms with Gasteiger partial charge in [0.2, 0.25) is 11.9 Å². The third-order valence-corrected chi connectivity index (χ3v) is 6.03. The van der Waals surface area contributed by atoms with Crippen molar-refractivity contribution in [3.8, 4) is 5.75 Å². The molecule has 2 aliphatic heterocycles. The monoisotopic (exact) mass is 381 g/mol. The minimum absolute atomic E-state index is 0.0712. The topological polar surface area (TPSA) is 70.6 Å². The molecule has 0 unspecified atom stereocenters. The molecule has 2 saturated heterocycles. The normalized spacial score (nSPS) is 24.6. The average molecular weight is 381 g/mol. The summed E-state index contributed by atoms with van der Waals surface area (Å²) >= 11 is 0. The number of benzene rings is 1. The first-order chi connectivity index (χ1) is 13.7. The molecule has 1 N–H and O–H groups in total. The fraction of sp³-hybridized carbons (Fsp3) is 0.476. The summed E-state index contributed by atoms with van der Waals surface area (Å²) in [5.41, 5.74) is 0.785. The van der Waals surface area contributed by atoms with Crippen molar-refractivity contribution in [1.29, 1.82) is 0 Å². The highest BCUT2D eigenvalue weighted by Crippen LogP contribution is 2.43. The molecule has 0 spiro atoms. The van der Waals surface area contributed by atoms with Gasteiger partial charge in [-0.3, -0.25) is 9.69 Å². The van der Waals surface area contributed by atoms with Gasteiger partial charge >= 0.3 is 0 Å². The molecule has 148 valence electrons. The van der Waals surface area contributed by atoms with Gasteiger partial charge < -0.3 is 15.0 Å². The fourth-order valence-electron chi connectivity index (χ4n) is 4.73. The van der Waals surface area contributed by atoms with Crippen LogP contribution in [0.15, 0.2) is 42.7 Å². The minimum atomic E-state index is -0.432. The molecule has 2 fully saturated rings. The van der Waals surface area contributed by atoms with Gasteiger partial charge in [-0.15, -0.1) is 0 Å². The summed E-state index contributed by atoms with van der Waals surface area (Å²) in [6, 6.07) is 10.0. The van der Waals surface area contributed by atoms with Gasteiger partial charge in [-0.2, -0.15) is 0 Å². The van der Waals surface area contributed by atoms with Crippen LogP contribution in [-0.4, -0.2) is 60.6 Å². The lowest BCUT2D eigenvalue weighted by Gasteiger charge is -2.44. The van der Waals surface area contributed by atoms with Crippen molar-refractivity contribution in [3.05, 3.63) is 48.3 Å². The zero-order valence-corrected chi connectivity index (χ0v) is 16.5. The number of ether oxygens (including phenoxy) is 1. The molecule has 7 nitrogen and oxygen atoms in total. The molecule has 0 saturated carbocycles. The second-order valence-corrected chi connectivity index (χ2v) is 7.61. The van der Waals surface area contributed by atoms with E-state index >= 15 is 0 Å². The average Bonchev–Trinajstić information content (AvgIpc) is 3.13. The van der Waals surface area contributed by atoms with Gasteiger partial charge in [-0.25, -0.2) is 9.97 Å². The Morgan fingerprint density at radius 2 is 2.04 bits per heavy atom. The number of amides is 1. The van der Waals surface area contributed by atoms with Crippen LogP contribution in [-0.2, 0) is 11.3 Å². The van der Waals surface area contributed by atoms with E-state index in [1.54, 1.807) is 26.6 Å². The number of aromatic nitrogens is 2. The van der Waals surface area contributed by atoms with Crippen LogP contribution < -0.4 is 15.0 Å². The molecule has 2 aliphatic rings. The van der Waals surface area contributed by atoms with Crippen molar-refractivity contribution in [2.24, 2.45) is 5.41 Å². The van der Waals surface area contributed by atoms with E-state index in [9.17, 15) is 4.79 Å². The zero-order valence-electron chi connectivity index (χ0n) is 16.5. The quantitative estimate of drug-likeness (QED) is 0.850. The van der Waals surface area contributed by atoms with Crippen molar-refractivity contribution in [2.75, 3.05) is 38.7 Å². The van der Waals surface area contributed by atoms with E-state index in [1.165, 1.54) is 5.56 Å². The Balaban J connectivity index is 1.60. The molecule has 0 aliphatic carbocycles. The molecule has 1 aromatic heterocycles. The van der Waals surface area contributed by atoms with Crippen LogP contribution >= 0.6 is 0 Å². The van der Waals surface area contributed by atoms with Crippen LogP contribution in [0.3, 0.4) is 0 Å². The number of piperidine rings is 1. The Morgan fingerprint density at radius 3 is 2.71 bits per heavy atom. The third-order valence-electron chi connectivity index (χ3n) is 6.03. The lowest BCUT2D eigenvalue weighted by atomic mass is 9.74. The maximum Gasteiger partial charge on any atom is 0.229 e. The van der Waals surface area contributed by atoms with Gasteiger partial charge in [0.25, 0.3) is 0 Å². The number of methoxy groups -OCH3 is 1. The van der Waals surface area contributed by atoms with E-state index in [0.717, 1.165) is 44.8 Å². The Kier molecular flexibility index (Phi) is 5.17. The third kappa shape index (κ3) is 3.30. The Labute approximate surface area is 165 Å². The number of carbonyl (C=O) groups excluding carboxylic acids is 1. The summed E-state index contributed by atoms with van der Waals surface area (Å²) in [5, 5.41) is 2.92. The van der Waals surface area contributed by atoms with Crippen LogP contribution in [0.25, 0.3) is 0 Å². The van der Waals surface area contributed by atoms with E-state index in [-0.39, 0.29) is 11.9 Å². The fourth-order valence-corrected chi connectivity index (χ4v) is 4.73. The largest absolute Gasteiger partial charge is 0.497 e. The zero-order chi connectivity index (χ0) is 19.6. The van der Waals surface area contributed by atoms with Crippen molar-refractivity contribution < 1.29 is 9.53 Å². The molecule has 0 bridgehead atoms. The second kappa shape index (κ2) is 7.75. The summed E-state index contributed by atoms with van der Waals surface area (Å²) in [7, 11) is 3.41. The van der Waals surface area contributed by atoms with E-state index < -0.39 is 5.41 Å². The molecule has 1 aromatic carbocycles. The number of nitrogens with one attached hydrogen (secondary N) is 1. The van der Waals surface area contributed by atoms with Gasteiger partial charge in [0.1, 0.15) is 5.75 Å². The van der Waals surface area contributed by atoms with Gasteiger partial charge in [-0.05, 0) is 36.6 Å². The highest BCUT2D eigenvalue weighted by atomic mass is 16.5. The number of rotatable bonds is 5. The van der Waals surface area contributed by atoms with E-state index in [4.69, 9.17) is 4.74 Å². The molecular weight excluding hydrogens is 354 g/mol. The van der Waals surface area contributed by atoms with Gasteiger partial charge in [0.05, 0.1) is 18.6 Å². The number of hydrogen-bond donors (Lipinski definition) is 1. The first-order valence-electron chi connectivity index (χ1n) is 9.77. The Hall–Kier alpha value is -2.67. The van der Waals surface area contributed by atoms with E-state index in [0.29, 0.717) is 5.95 Å². The molecule has 28 heavy (non-hydrogen) atoms. The molecule has 2 atom stereocenters. The molecule has 4 rings (SSSR count). The summed E-state index contributed by atoms with van der Waals surface area (Å²) in [6.07, 6.45) is 5.38. The number of hydrogen-bond acceptors (Lipinski definition) is 6. The van der Waals surface area contributed by atoms with Crippen LogP contribution in [0.5, 0.6) is 5.75 Å². The lowest BCUT2D eigenvalue weighted by Crippen LogP contribution is -2.58. The Morgan fingerprint density at radius 1 is 1.29 bits per heavy atom. The van der Waals surface area contributed by atoms with Crippen molar-refractivity contribution in [1.82, 2.24) is 20.2 Å². The number of fused-ring (bicyclic) bond motifs is 1. The van der Waals surface area contributed by atoms with Crippen LogP contribution in [0.4, 0.5) is 5.95 Å². The number of anilines is 1. The SMILES string of the molecule is CNC(=O)[C@@]12CCCN(c3ncccn3)[C@@H]1CN(Cc1ccc(OC)cc1)C2. The summed E-state index contributed by atoms with van der Waals surface area (Å²) in [6.45, 7) is 3.25. The molecule has 3 heterocycles. The summed E-state index contributed by atoms with van der Waals surface area (Å²) < 4.78 is 5.25. The first-order valence-corrected chi connectivity index (χ1v) is 9.77. The van der Waals surface area contributed by atoms with Crippen LogP contribution in [0, 0.1) is 5.41 Å². The van der Waals surface area contributed by atoms with E-state index in [1.807, 2.05) is 18.2 Å². The standard InChI is InChI=1S/C21H27N5O2/c1-22-19(27)21-9-3-12-26(20-23-10-4-11-24-20)18(21)14-25(15-21)13-16-5-7-17(28-2)8-6-16/h4-8,10-11,18H,3,9,12-15H2,1-2H3,(H,22,27)/t18-,21-/m1/s1. The molecular formula is C21H27N5O2. The van der Waals surface area contributed by atoms with E-state index in [2.05, 4.69) is 37.2 Å². The van der Waals surface area contributed by atoms with Crippen molar-refractivity contribution in [3.63, 3.8) is 0 Å². The van der Waals surface area contributed by atoms with Crippen LogP contribution in [0.2, 0.25) is 0 Å². The van der Waals surface area contributed by atoms with Crippen molar-refractivity contribution >= 4 is 11.9 Å². The number of likely N-dealkylation sites (tertiary alicyclic amines) is 1. The lowest BCUT2D eigenvalue weighted by molar-refractivity contribution is -0.131. The van der Waals surface area contributed by atoms with Gasteiger partial charge in [-0.1, -0.05) is 12.1 Å².